The third kappa shape index (κ3) is 2.95. The van der Waals surface area contributed by atoms with E-state index in [0.717, 1.165) is 12.3 Å². The summed E-state index contributed by atoms with van der Waals surface area (Å²) in [7, 11) is 0. The number of rotatable bonds is 4. The van der Waals surface area contributed by atoms with Crippen LogP contribution in [0.25, 0.3) is 0 Å². The maximum atomic E-state index is 5.76. The normalized spacial score (nSPS) is 16.5. The molecule has 0 atom stereocenters. The fourth-order valence-electron chi connectivity index (χ4n) is 1.77. The van der Waals surface area contributed by atoms with Crippen molar-refractivity contribution in [3.05, 3.63) is 23.9 Å². The van der Waals surface area contributed by atoms with Crippen LogP contribution in [0.2, 0.25) is 0 Å². The van der Waals surface area contributed by atoms with Crippen LogP contribution in [-0.4, -0.2) is 11.1 Å². The van der Waals surface area contributed by atoms with Crippen LogP contribution in [0.15, 0.2) is 18.3 Å². The van der Waals surface area contributed by atoms with Gasteiger partial charge in [-0.2, -0.15) is 0 Å². The van der Waals surface area contributed by atoms with Crippen LogP contribution in [0.4, 0.5) is 0 Å². The van der Waals surface area contributed by atoms with E-state index in [1.54, 1.807) is 0 Å². The quantitative estimate of drug-likeness (QED) is 0.753. The average Bonchev–Trinajstić information content (AvgIpc) is 2.11. The first kappa shape index (κ1) is 10.5. The van der Waals surface area contributed by atoms with Gasteiger partial charge in [0.05, 0.1) is 0 Å². The van der Waals surface area contributed by atoms with Crippen molar-refractivity contribution in [2.45, 2.75) is 45.6 Å². The number of hydrogen-bond donors (Lipinski definition) is 0. The zero-order valence-corrected chi connectivity index (χ0v) is 9.57. The molecule has 0 amide bonds. The van der Waals surface area contributed by atoms with Crippen LogP contribution in [0.1, 0.15) is 38.7 Å². The Morgan fingerprint density at radius 1 is 1.47 bits per heavy atom. The zero-order valence-electron chi connectivity index (χ0n) is 9.57. The number of ether oxygens (including phenoxy) is 1. The van der Waals surface area contributed by atoms with Crippen LogP contribution >= 0.6 is 0 Å². The first-order valence-electron chi connectivity index (χ1n) is 5.85. The molecule has 1 aromatic rings. The maximum Gasteiger partial charge on any atom is 0.213 e. The van der Waals surface area contributed by atoms with Crippen LogP contribution in [0.5, 0.6) is 5.88 Å². The zero-order chi connectivity index (χ0) is 10.7. The molecule has 0 aliphatic heterocycles. The summed E-state index contributed by atoms with van der Waals surface area (Å²) in [5, 5.41) is 0. The van der Waals surface area contributed by atoms with Crippen molar-refractivity contribution in [3.8, 4) is 5.88 Å². The molecule has 1 aliphatic rings. The predicted octanol–water partition coefficient (Wildman–Crippen LogP) is 3.21. The van der Waals surface area contributed by atoms with Crippen molar-refractivity contribution in [2.75, 3.05) is 0 Å². The van der Waals surface area contributed by atoms with E-state index in [-0.39, 0.29) is 0 Å². The molecule has 1 heterocycles. The van der Waals surface area contributed by atoms with E-state index >= 15 is 0 Å². The Balaban J connectivity index is 1.98. The molecule has 0 saturated heterocycles. The lowest BCUT2D eigenvalue weighted by Gasteiger charge is -2.25. The highest BCUT2D eigenvalue weighted by atomic mass is 16.5. The molecule has 0 unspecified atom stereocenters. The molecule has 0 N–H and O–H groups in total. The number of aromatic nitrogens is 1. The molecular formula is C13H19NO. The lowest BCUT2D eigenvalue weighted by molar-refractivity contribution is 0.114. The summed E-state index contributed by atoms with van der Waals surface area (Å²) in [4.78, 5) is 4.25. The molecule has 0 bridgehead atoms. The Bertz CT molecular complexity index is 318. The summed E-state index contributed by atoms with van der Waals surface area (Å²) in [5.74, 6) is 1.49. The van der Waals surface area contributed by atoms with Crippen molar-refractivity contribution >= 4 is 0 Å². The van der Waals surface area contributed by atoms with Gasteiger partial charge in [-0.1, -0.05) is 13.8 Å². The van der Waals surface area contributed by atoms with Crippen LogP contribution in [-0.2, 0) is 6.42 Å². The summed E-state index contributed by atoms with van der Waals surface area (Å²) in [6.07, 6.45) is 7.06. The first-order valence-corrected chi connectivity index (χ1v) is 5.85. The molecule has 2 nitrogen and oxygen atoms in total. The minimum absolute atomic E-state index is 0.423. The highest BCUT2D eigenvalue weighted by Crippen LogP contribution is 2.24. The maximum absolute atomic E-state index is 5.76. The molecule has 82 valence electrons. The number of hydrogen-bond acceptors (Lipinski definition) is 2. The van der Waals surface area contributed by atoms with Gasteiger partial charge >= 0.3 is 0 Å². The Morgan fingerprint density at radius 2 is 2.27 bits per heavy atom. The second-order valence-corrected chi connectivity index (χ2v) is 4.77. The second kappa shape index (κ2) is 4.65. The van der Waals surface area contributed by atoms with E-state index in [1.807, 2.05) is 6.20 Å². The van der Waals surface area contributed by atoms with Crippen LogP contribution in [0, 0.1) is 5.92 Å². The van der Waals surface area contributed by atoms with Gasteiger partial charge in [0, 0.05) is 12.3 Å². The molecular weight excluding hydrogens is 186 g/mol. The topological polar surface area (TPSA) is 22.1 Å². The van der Waals surface area contributed by atoms with E-state index in [1.165, 1.54) is 24.8 Å². The van der Waals surface area contributed by atoms with Crippen molar-refractivity contribution in [1.82, 2.24) is 4.98 Å². The largest absolute Gasteiger partial charge is 0.474 e. The minimum atomic E-state index is 0.423. The molecule has 2 rings (SSSR count). The number of nitrogens with zero attached hydrogens (tertiary/aromatic N) is 1. The number of pyridine rings is 1. The summed E-state index contributed by atoms with van der Waals surface area (Å²) < 4.78 is 5.76. The summed E-state index contributed by atoms with van der Waals surface area (Å²) >= 11 is 0. The van der Waals surface area contributed by atoms with Gasteiger partial charge in [-0.05, 0) is 43.2 Å². The fourth-order valence-corrected chi connectivity index (χ4v) is 1.77. The van der Waals surface area contributed by atoms with Gasteiger partial charge in [0.1, 0.15) is 6.10 Å². The standard InChI is InChI=1S/C13H19NO/c1-10(2)8-11-6-7-14-13(9-11)15-12-4-3-5-12/h6-7,9-10,12H,3-5,8H2,1-2H3. The van der Waals surface area contributed by atoms with Crippen molar-refractivity contribution in [2.24, 2.45) is 5.92 Å². The Hall–Kier alpha value is -1.05. The Kier molecular flexibility index (Phi) is 3.24. The molecule has 15 heavy (non-hydrogen) atoms. The monoisotopic (exact) mass is 205 g/mol. The lowest BCUT2D eigenvalue weighted by Crippen LogP contribution is -2.24. The molecule has 0 radical (unpaired) electrons. The minimum Gasteiger partial charge on any atom is -0.474 e. The smallest absolute Gasteiger partial charge is 0.213 e. The van der Waals surface area contributed by atoms with Gasteiger partial charge in [-0.15, -0.1) is 0 Å². The molecule has 1 fully saturated rings. The Morgan fingerprint density at radius 3 is 2.87 bits per heavy atom. The lowest BCUT2D eigenvalue weighted by atomic mass is 9.96. The summed E-state index contributed by atoms with van der Waals surface area (Å²) in [6.45, 7) is 4.46. The second-order valence-electron chi connectivity index (χ2n) is 4.77. The summed E-state index contributed by atoms with van der Waals surface area (Å²) in [5.41, 5.74) is 1.33. The van der Waals surface area contributed by atoms with Crippen LogP contribution < -0.4 is 4.74 Å². The van der Waals surface area contributed by atoms with E-state index in [4.69, 9.17) is 4.74 Å². The SMILES string of the molecule is CC(C)Cc1ccnc(OC2CCC2)c1. The fraction of sp³-hybridized carbons (Fsp3) is 0.615. The summed E-state index contributed by atoms with van der Waals surface area (Å²) in [6, 6.07) is 4.16. The van der Waals surface area contributed by atoms with E-state index in [9.17, 15) is 0 Å². The molecule has 0 aromatic carbocycles. The molecule has 0 spiro atoms. The van der Waals surface area contributed by atoms with E-state index < -0.39 is 0 Å². The van der Waals surface area contributed by atoms with Gasteiger partial charge < -0.3 is 4.74 Å². The van der Waals surface area contributed by atoms with Gasteiger partial charge in [0.2, 0.25) is 5.88 Å². The van der Waals surface area contributed by atoms with Crippen molar-refractivity contribution in [1.29, 1.82) is 0 Å². The first-order chi connectivity index (χ1) is 7.24. The van der Waals surface area contributed by atoms with Gasteiger partial charge in [0.25, 0.3) is 0 Å². The molecule has 1 aromatic heterocycles. The molecule has 2 heteroatoms. The van der Waals surface area contributed by atoms with Gasteiger partial charge in [-0.25, -0.2) is 4.98 Å². The highest BCUT2D eigenvalue weighted by molar-refractivity contribution is 5.21. The third-order valence-corrected chi connectivity index (χ3v) is 2.78. The molecule has 1 saturated carbocycles. The van der Waals surface area contributed by atoms with Crippen molar-refractivity contribution < 1.29 is 4.74 Å². The van der Waals surface area contributed by atoms with Crippen molar-refractivity contribution in [3.63, 3.8) is 0 Å². The van der Waals surface area contributed by atoms with Gasteiger partial charge in [0.15, 0.2) is 0 Å². The van der Waals surface area contributed by atoms with Crippen LogP contribution in [0.3, 0.4) is 0 Å². The Labute approximate surface area is 91.7 Å². The average molecular weight is 205 g/mol. The van der Waals surface area contributed by atoms with E-state index in [2.05, 4.69) is 31.0 Å². The predicted molar refractivity (Wildman–Crippen MR) is 61.0 cm³/mol. The molecule has 1 aliphatic carbocycles. The van der Waals surface area contributed by atoms with E-state index in [0.29, 0.717) is 12.0 Å². The third-order valence-electron chi connectivity index (χ3n) is 2.78. The van der Waals surface area contributed by atoms with Gasteiger partial charge in [-0.3, -0.25) is 0 Å². The highest BCUT2D eigenvalue weighted by Gasteiger charge is 2.19.